The van der Waals surface area contributed by atoms with E-state index < -0.39 is 0 Å². The number of H-pyrrole nitrogens is 1. The quantitative estimate of drug-likeness (QED) is 0.790. The zero-order valence-corrected chi connectivity index (χ0v) is 13.0. The van der Waals surface area contributed by atoms with E-state index in [-0.39, 0.29) is 5.82 Å². The maximum Gasteiger partial charge on any atom is 0.156 e. The number of fused-ring (bicyclic) bond motifs is 1. The number of nitrogens with zero attached hydrogens (tertiary/aromatic N) is 4. The molecule has 3 aromatic rings. The van der Waals surface area contributed by atoms with Gasteiger partial charge in [-0.2, -0.15) is 0 Å². The SMILES string of the molecule is CN1CCN(c2nccc3[nH]c(-c4cccc(F)c4)nc23)CC1. The second-order valence-electron chi connectivity index (χ2n) is 5.92. The summed E-state index contributed by atoms with van der Waals surface area (Å²) in [6, 6.07) is 8.37. The second kappa shape index (κ2) is 5.62. The number of nitrogens with one attached hydrogen (secondary N) is 1. The highest BCUT2D eigenvalue weighted by Gasteiger charge is 2.19. The summed E-state index contributed by atoms with van der Waals surface area (Å²) in [5, 5.41) is 0. The molecule has 0 saturated carbocycles. The van der Waals surface area contributed by atoms with Gasteiger partial charge in [0.1, 0.15) is 17.2 Å². The summed E-state index contributed by atoms with van der Waals surface area (Å²) in [6.45, 7) is 3.90. The lowest BCUT2D eigenvalue weighted by molar-refractivity contribution is 0.312. The number of imidazole rings is 1. The van der Waals surface area contributed by atoms with Crippen LogP contribution < -0.4 is 4.90 Å². The number of anilines is 1. The highest BCUT2D eigenvalue weighted by Crippen LogP contribution is 2.27. The Kier molecular flexibility index (Phi) is 3.46. The predicted octanol–water partition coefficient (Wildman–Crippen LogP) is 2.52. The Balaban J connectivity index is 1.76. The molecule has 0 amide bonds. The number of halogens is 1. The minimum atomic E-state index is -0.264. The first-order chi connectivity index (χ1) is 11.2. The summed E-state index contributed by atoms with van der Waals surface area (Å²) in [5.41, 5.74) is 2.51. The Morgan fingerprint density at radius 2 is 1.96 bits per heavy atom. The summed E-state index contributed by atoms with van der Waals surface area (Å²) in [7, 11) is 2.13. The van der Waals surface area contributed by atoms with E-state index in [1.54, 1.807) is 12.3 Å². The van der Waals surface area contributed by atoms with E-state index in [1.165, 1.54) is 12.1 Å². The van der Waals surface area contributed by atoms with Crippen LogP contribution in [0, 0.1) is 5.82 Å². The number of aromatic nitrogens is 3. The van der Waals surface area contributed by atoms with Crippen LogP contribution in [0.25, 0.3) is 22.4 Å². The van der Waals surface area contributed by atoms with Gasteiger partial charge in [0.25, 0.3) is 0 Å². The van der Waals surface area contributed by atoms with Gasteiger partial charge in [-0.1, -0.05) is 12.1 Å². The maximum absolute atomic E-state index is 13.4. The zero-order chi connectivity index (χ0) is 15.8. The van der Waals surface area contributed by atoms with Crippen LogP contribution in [-0.4, -0.2) is 53.1 Å². The Hall–Kier alpha value is -2.47. The molecule has 0 unspecified atom stereocenters. The number of hydrogen-bond acceptors (Lipinski definition) is 4. The van der Waals surface area contributed by atoms with E-state index >= 15 is 0 Å². The minimum absolute atomic E-state index is 0.264. The lowest BCUT2D eigenvalue weighted by Crippen LogP contribution is -2.44. The molecular weight excluding hydrogens is 293 g/mol. The van der Waals surface area contributed by atoms with Gasteiger partial charge in [-0.15, -0.1) is 0 Å². The Bertz CT molecular complexity index is 836. The molecule has 118 valence electrons. The van der Waals surface area contributed by atoms with Crippen molar-refractivity contribution in [1.29, 1.82) is 0 Å². The molecule has 0 radical (unpaired) electrons. The fraction of sp³-hybridized carbons (Fsp3) is 0.294. The van der Waals surface area contributed by atoms with Gasteiger partial charge in [-0.05, 0) is 25.2 Å². The van der Waals surface area contributed by atoms with Crippen molar-refractivity contribution in [2.24, 2.45) is 0 Å². The summed E-state index contributed by atoms with van der Waals surface area (Å²) in [4.78, 5) is 17.0. The molecule has 4 rings (SSSR count). The van der Waals surface area contributed by atoms with Crippen molar-refractivity contribution in [2.75, 3.05) is 38.1 Å². The molecule has 23 heavy (non-hydrogen) atoms. The molecule has 1 aromatic carbocycles. The summed E-state index contributed by atoms with van der Waals surface area (Å²) in [6.07, 6.45) is 1.80. The van der Waals surface area contributed by atoms with Crippen LogP contribution >= 0.6 is 0 Å². The topological polar surface area (TPSA) is 48.0 Å². The molecule has 0 bridgehead atoms. The molecule has 0 aliphatic carbocycles. The van der Waals surface area contributed by atoms with Crippen molar-refractivity contribution in [3.63, 3.8) is 0 Å². The average Bonchev–Trinajstić information content (AvgIpc) is 3.00. The van der Waals surface area contributed by atoms with Crippen LogP contribution in [0.5, 0.6) is 0 Å². The van der Waals surface area contributed by atoms with Gasteiger partial charge < -0.3 is 14.8 Å². The summed E-state index contributed by atoms with van der Waals surface area (Å²) >= 11 is 0. The van der Waals surface area contributed by atoms with Gasteiger partial charge in [0.15, 0.2) is 5.82 Å². The smallest absolute Gasteiger partial charge is 0.156 e. The first kappa shape index (κ1) is 14.1. The number of benzene rings is 1. The number of hydrogen-bond donors (Lipinski definition) is 1. The fourth-order valence-electron chi connectivity index (χ4n) is 2.94. The fourth-order valence-corrected chi connectivity index (χ4v) is 2.94. The van der Waals surface area contributed by atoms with Crippen molar-refractivity contribution >= 4 is 16.9 Å². The van der Waals surface area contributed by atoms with E-state index in [0.29, 0.717) is 5.82 Å². The average molecular weight is 311 g/mol. The van der Waals surface area contributed by atoms with E-state index in [4.69, 9.17) is 0 Å². The third kappa shape index (κ3) is 2.66. The van der Waals surface area contributed by atoms with E-state index in [0.717, 1.165) is 48.6 Å². The van der Waals surface area contributed by atoms with Crippen molar-refractivity contribution in [2.45, 2.75) is 0 Å². The van der Waals surface area contributed by atoms with Crippen LogP contribution in [0.3, 0.4) is 0 Å². The van der Waals surface area contributed by atoms with Crippen LogP contribution in [0.4, 0.5) is 10.2 Å². The molecule has 0 atom stereocenters. The summed E-state index contributed by atoms with van der Waals surface area (Å²) < 4.78 is 13.4. The number of pyridine rings is 1. The predicted molar refractivity (Wildman–Crippen MR) is 89.0 cm³/mol. The molecule has 5 nitrogen and oxygen atoms in total. The lowest BCUT2D eigenvalue weighted by Gasteiger charge is -2.33. The molecule has 2 aromatic heterocycles. The first-order valence-corrected chi connectivity index (χ1v) is 7.75. The molecule has 6 heteroatoms. The highest BCUT2D eigenvalue weighted by atomic mass is 19.1. The molecule has 3 heterocycles. The highest BCUT2D eigenvalue weighted by molar-refractivity contribution is 5.88. The minimum Gasteiger partial charge on any atom is -0.352 e. The van der Waals surface area contributed by atoms with Gasteiger partial charge >= 0.3 is 0 Å². The maximum atomic E-state index is 13.4. The Morgan fingerprint density at radius 3 is 2.74 bits per heavy atom. The summed E-state index contributed by atoms with van der Waals surface area (Å²) in [5.74, 6) is 1.30. The molecule has 1 aliphatic heterocycles. The van der Waals surface area contributed by atoms with Gasteiger partial charge in [0, 0.05) is 37.9 Å². The van der Waals surface area contributed by atoms with Gasteiger partial charge in [-0.25, -0.2) is 14.4 Å². The lowest BCUT2D eigenvalue weighted by atomic mass is 10.2. The molecule has 1 aliphatic rings. The number of rotatable bonds is 2. The molecule has 0 spiro atoms. The van der Waals surface area contributed by atoms with E-state index in [2.05, 4.69) is 31.8 Å². The molecular formula is C17H18FN5. The Labute approximate surface area is 133 Å². The van der Waals surface area contributed by atoms with Crippen LogP contribution in [0.15, 0.2) is 36.5 Å². The third-order valence-electron chi connectivity index (χ3n) is 4.28. The van der Waals surface area contributed by atoms with E-state index in [1.807, 2.05) is 12.1 Å². The number of aromatic amines is 1. The van der Waals surface area contributed by atoms with E-state index in [9.17, 15) is 4.39 Å². The van der Waals surface area contributed by atoms with Crippen molar-refractivity contribution in [3.05, 3.63) is 42.3 Å². The van der Waals surface area contributed by atoms with Crippen LogP contribution in [0.1, 0.15) is 0 Å². The van der Waals surface area contributed by atoms with Crippen molar-refractivity contribution in [1.82, 2.24) is 19.9 Å². The Morgan fingerprint density at radius 1 is 1.13 bits per heavy atom. The first-order valence-electron chi connectivity index (χ1n) is 7.75. The van der Waals surface area contributed by atoms with Crippen LogP contribution in [0.2, 0.25) is 0 Å². The third-order valence-corrected chi connectivity index (χ3v) is 4.28. The molecule has 1 N–H and O–H groups in total. The molecule has 1 fully saturated rings. The van der Waals surface area contributed by atoms with Gasteiger partial charge in [-0.3, -0.25) is 0 Å². The standard InChI is InChI=1S/C17H18FN5/c1-22-7-9-23(10-8-22)17-15-14(5-6-19-17)20-16(21-15)12-3-2-4-13(18)11-12/h2-6,11H,7-10H2,1H3,(H,20,21). The molecule has 1 saturated heterocycles. The number of likely N-dealkylation sites (N-methyl/N-ethyl adjacent to an activating group) is 1. The van der Waals surface area contributed by atoms with Crippen molar-refractivity contribution in [3.8, 4) is 11.4 Å². The number of piperazine rings is 1. The largest absolute Gasteiger partial charge is 0.352 e. The monoisotopic (exact) mass is 311 g/mol. The van der Waals surface area contributed by atoms with Crippen LogP contribution in [-0.2, 0) is 0 Å². The zero-order valence-electron chi connectivity index (χ0n) is 13.0. The van der Waals surface area contributed by atoms with Gasteiger partial charge in [0.05, 0.1) is 5.52 Å². The second-order valence-corrected chi connectivity index (χ2v) is 5.92. The normalized spacial score (nSPS) is 16.2. The van der Waals surface area contributed by atoms with Crippen molar-refractivity contribution < 1.29 is 4.39 Å². The van der Waals surface area contributed by atoms with Gasteiger partial charge in [0.2, 0.25) is 0 Å².